The molecule has 0 bridgehead atoms. The molecule has 0 aliphatic heterocycles. The van der Waals surface area contributed by atoms with Crippen molar-refractivity contribution in [3.63, 3.8) is 0 Å². The number of hydrogen-bond donors (Lipinski definition) is 1. The van der Waals surface area contributed by atoms with Gasteiger partial charge in [-0.25, -0.2) is 5.48 Å². The molecule has 2 rings (SSSR count). The van der Waals surface area contributed by atoms with E-state index in [1.807, 2.05) is 6.92 Å². The summed E-state index contributed by atoms with van der Waals surface area (Å²) in [5.74, 6) is 0.181. The lowest BCUT2D eigenvalue weighted by Gasteiger charge is -2.13. The van der Waals surface area contributed by atoms with Gasteiger partial charge in [0.1, 0.15) is 11.4 Å². The summed E-state index contributed by atoms with van der Waals surface area (Å²) in [4.78, 5) is 29.3. The molecule has 0 saturated heterocycles. The standard InChI is InChI=1S/C15H18N2O4/c1-4-7-17-13(14(18)16-21-3)9-10-8-11(20-2)5-6-12(10)15(17)19/h5-6,8-9H,4,7H2,1-3H3,(H,16,18). The number of aromatic nitrogens is 1. The van der Waals surface area contributed by atoms with Crippen LogP contribution in [-0.4, -0.2) is 24.7 Å². The number of pyridine rings is 1. The lowest BCUT2D eigenvalue weighted by Crippen LogP contribution is -2.32. The van der Waals surface area contributed by atoms with Crippen LogP contribution in [0.25, 0.3) is 10.8 Å². The fourth-order valence-electron chi connectivity index (χ4n) is 2.24. The van der Waals surface area contributed by atoms with E-state index in [0.717, 1.165) is 6.42 Å². The van der Waals surface area contributed by atoms with E-state index in [9.17, 15) is 9.59 Å². The minimum absolute atomic E-state index is 0.196. The Morgan fingerprint density at radius 3 is 2.67 bits per heavy atom. The van der Waals surface area contributed by atoms with Crippen molar-refractivity contribution in [2.45, 2.75) is 19.9 Å². The van der Waals surface area contributed by atoms with E-state index in [1.54, 1.807) is 31.4 Å². The predicted octanol–water partition coefficient (Wildman–Crippen LogP) is 1.71. The van der Waals surface area contributed by atoms with E-state index in [4.69, 9.17) is 4.74 Å². The van der Waals surface area contributed by atoms with Crippen molar-refractivity contribution in [2.24, 2.45) is 0 Å². The second kappa shape index (κ2) is 6.41. The van der Waals surface area contributed by atoms with E-state index in [1.165, 1.54) is 11.7 Å². The Hall–Kier alpha value is -2.34. The molecule has 6 nitrogen and oxygen atoms in total. The summed E-state index contributed by atoms with van der Waals surface area (Å²) in [5, 5.41) is 1.21. The summed E-state index contributed by atoms with van der Waals surface area (Å²) in [6, 6.07) is 6.84. The van der Waals surface area contributed by atoms with Gasteiger partial charge in [-0.15, -0.1) is 0 Å². The first kappa shape index (κ1) is 15.1. The summed E-state index contributed by atoms with van der Waals surface area (Å²) in [6.07, 6.45) is 0.745. The number of methoxy groups -OCH3 is 1. The van der Waals surface area contributed by atoms with Gasteiger partial charge in [-0.3, -0.25) is 14.4 Å². The maximum Gasteiger partial charge on any atom is 0.291 e. The first-order valence-electron chi connectivity index (χ1n) is 6.67. The molecule has 0 radical (unpaired) electrons. The Bertz CT molecular complexity index is 721. The Kier molecular flexibility index (Phi) is 4.59. The fraction of sp³-hybridized carbons (Fsp3) is 0.333. The molecule has 21 heavy (non-hydrogen) atoms. The van der Waals surface area contributed by atoms with Crippen LogP contribution in [0, 0.1) is 0 Å². The van der Waals surface area contributed by atoms with Crippen molar-refractivity contribution in [1.82, 2.24) is 10.0 Å². The average Bonchev–Trinajstić information content (AvgIpc) is 2.49. The Balaban J connectivity index is 2.71. The van der Waals surface area contributed by atoms with Gasteiger partial charge in [0.2, 0.25) is 0 Å². The third kappa shape index (κ3) is 2.90. The molecule has 1 heterocycles. The molecule has 112 valence electrons. The van der Waals surface area contributed by atoms with Gasteiger partial charge in [0, 0.05) is 11.9 Å². The molecule has 0 atom stereocenters. The van der Waals surface area contributed by atoms with Gasteiger partial charge in [-0.05, 0) is 36.1 Å². The number of hydrogen-bond acceptors (Lipinski definition) is 4. The Labute approximate surface area is 122 Å². The van der Waals surface area contributed by atoms with Gasteiger partial charge in [0.25, 0.3) is 11.5 Å². The fourth-order valence-corrected chi connectivity index (χ4v) is 2.24. The number of nitrogens with one attached hydrogen (secondary N) is 1. The summed E-state index contributed by atoms with van der Waals surface area (Å²) in [7, 11) is 2.91. The number of fused-ring (bicyclic) bond motifs is 1. The van der Waals surface area contributed by atoms with Crippen LogP contribution in [0.2, 0.25) is 0 Å². The molecule has 0 saturated carbocycles. The molecule has 1 aromatic heterocycles. The summed E-state index contributed by atoms with van der Waals surface area (Å²) >= 11 is 0. The Morgan fingerprint density at radius 1 is 1.29 bits per heavy atom. The lowest BCUT2D eigenvalue weighted by atomic mass is 10.1. The number of carbonyl (C=O) groups excluding carboxylic acids is 1. The molecule has 0 unspecified atom stereocenters. The lowest BCUT2D eigenvalue weighted by molar-refractivity contribution is 0.0527. The normalized spacial score (nSPS) is 10.6. The van der Waals surface area contributed by atoms with Crippen LogP contribution < -0.4 is 15.8 Å². The highest BCUT2D eigenvalue weighted by Gasteiger charge is 2.15. The number of hydroxylamine groups is 1. The van der Waals surface area contributed by atoms with E-state index in [-0.39, 0.29) is 11.3 Å². The quantitative estimate of drug-likeness (QED) is 0.851. The van der Waals surface area contributed by atoms with Crippen LogP contribution in [-0.2, 0) is 11.4 Å². The smallest absolute Gasteiger partial charge is 0.291 e. The molecule has 0 spiro atoms. The minimum atomic E-state index is -0.451. The van der Waals surface area contributed by atoms with Crippen molar-refractivity contribution in [2.75, 3.05) is 14.2 Å². The monoisotopic (exact) mass is 290 g/mol. The van der Waals surface area contributed by atoms with E-state index >= 15 is 0 Å². The number of rotatable bonds is 5. The zero-order valence-electron chi connectivity index (χ0n) is 12.3. The SMILES string of the molecule is CCCn1c(C(=O)NOC)cc2cc(OC)ccc2c1=O. The first-order chi connectivity index (χ1) is 10.1. The molecule has 0 aliphatic carbocycles. The highest BCUT2D eigenvalue weighted by atomic mass is 16.6. The second-order valence-corrected chi connectivity index (χ2v) is 4.57. The maximum absolute atomic E-state index is 12.5. The predicted molar refractivity (Wildman–Crippen MR) is 79.5 cm³/mol. The van der Waals surface area contributed by atoms with E-state index in [2.05, 4.69) is 10.3 Å². The molecule has 1 aromatic carbocycles. The summed E-state index contributed by atoms with van der Waals surface area (Å²) in [6.45, 7) is 2.41. The number of benzene rings is 1. The van der Waals surface area contributed by atoms with Crippen molar-refractivity contribution in [3.8, 4) is 5.75 Å². The molecule has 2 aromatic rings. The van der Waals surface area contributed by atoms with Gasteiger partial charge in [-0.1, -0.05) is 6.92 Å². The van der Waals surface area contributed by atoms with Crippen LogP contribution in [0.5, 0.6) is 5.75 Å². The zero-order valence-corrected chi connectivity index (χ0v) is 12.3. The number of carbonyl (C=O) groups is 1. The van der Waals surface area contributed by atoms with Crippen LogP contribution in [0.15, 0.2) is 29.1 Å². The van der Waals surface area contributed by atoms with Crippen molar-refractivity contribution < 1.29 is 14.4 Å². The van der Waals surface area contributed by atoms with E-state index in [0.29, 0.717) is 23.1 Å². The average molecular weight is 290 g/mol. The zero-order chi connectivity index (χ0) is 15.4. The topological polar surface area (TPSA) is 69.6 Å². The highest BCUT2D eigenvalue weighted by molar-refractivity contribution is 5.96. The van der Waals surface area contributed by atoms with Crippen molar-refractivity contribution in [1.29, 1.82) is 0 Å². The molecular formula is C15H18N2O4. The van der Waals surface area contributed by atoms with Gasteiger partial charge in [0.15, 0.2) is 0 Å². The van der Waals surface area contributed by atoms with E-state index < -0.39 is 5.91 Å². The van der Waals surface area contributed by atoms with Crippen molar-refractivity contribution >= 4 is 16.7 Å². The van der Waals surface area contributed by atoms with Crippen LogP contribution in [0.3, 0.4) is 0 Å². The van der Waals surface area contributed by atoms with Gasteiger partial charge < -0.3 is 9.30 Å². The maximum atomic E-state index is 12.5. The number of ether oxygens (including phenoxy) is 1. The van der Waals surface area contributed by atoms with Crippen molar-refractivity contribution in [3.05, 3.63) is 40.3 Å². The molecule has 1 N–H and O–H groups in total. The van der Waals surface area contributed by atoms with Gasteiger partial charge >= 0.3 is 0 Å². The van der Waals surface area contributed by atoms with Crippen LogP contribution in [0.4, 0.5) is 0 Å². The third-order valence-electron chi connectivity index (χ3n) is 3.19. The van der Waals surface area contributed by atoms with Gasteiger partial charge in [-0.2, -0.15) is 0 Å². The largest absolute Gasteiger partial charge is 0.497 e. The number of amides is 1. The summed E-state index contributed by atoms with van der Waals surface area (Å²) < 4.78 is 6.62. The molecular weight excluding hydrogens is 272 g/mol. The van der Waals surface area contributed by atoms with Crippen LogP contribution in [0.1, 0.15) is 23.8 Å². The molecule has 0 aliphatic rings. The minimum Gasteiger partial charge on any atom is -0.497 e. The molecule has 1 amide bonds. The molecule has 0 fully saturated rings. The highest BCUT2D eigenvalue weighted by Crippen LogP contribution is 2.19. The Morgan fingerprint density at radius 2 is 2.05 bits per heavy atom. The number of nitrogens with zero attached hydrogens (tertiary/aromatic N) is 1. The molecule has 6 heteroatoms. The summed E-state index contributed by atoms with van der Waals surface area (Å²) in [5.41, 5.74) is 2.32. The van der Waals surface area contributed by atoms with Gasteiger partial charge in [0.05, 0.1) is 14.2 Å². The second-order valence-electron chi connectivity index (χ2n) is 4.57. The third-order valence-corrected chi connectivity index (χ3v) is 3.19. The first-order valence-corrected chi connectivity index (χ1v) is 6.67. The van der Waals surface area contributed by atoms with Crippen LogP contribution >= 0.6 is 0 Å².